The van der Waals surface area contributed by atoms with E-state index in [-0.39, 0.29) is 41.0 Å². The van der Waals surface area contributed by atoms with Crippen molar-refractivity contribution in [3.8, 4) is 5.88 Å². The van der Waals surface area contributed by atoms with Crippen molar-refractivity contribution in [2.75, 3.05) is 6.61 Å². The maximum absolute atomic E-state index is 10.7. The first-order chi connectivity index (χ1) is 6.61. The minimum absolute atomic E-state index is 0. The maximum atomic E-state index is 10.7. The van der Waals surface area contributed by atoms with Gasteiger partial charge in [-0.05, 0) is 18.1 Å². The van der Waals surface area contributed by atoms with Gasteiger partial charge >= 0.3 is 5.97 Å². The van der Waals surface area contributed by atoms with Crippen LogP contribution in [0.5, 0.6) is 5.88 Å². The summed E-state index contributed by atoms with van der Waals surface area (Å²) in [5.74, 6) is -0.482. The number of nitrogens with zero attached hydrogens (tertiary/aromatic N) is 1. The molecular weight excluding hydrogens is 205 g/mol. The van der Waals surface area contributed by atoms with Gasteiger partial charge in [-0.1, -0.05) is 13.8 Å². The van der Waals surface area contributed by atoms with Crippen LogP contribution in [0.2, 0.25) is 0 Å². The number of carboxylic acids is 1. The summed E-state index contributed by atoms with van der Waals surface area (Å²) in [6.07, 6.45) is 1.52. The van der Waals surface area contributed by atoms with Gasteiger partial charge in [-0.2, -0.15) is 0 Å². The van der Waals surface area contributed by atoms with E-state index >= 15 is 0 Å². The van der Waals surface area contributed by atoms with Crippen LogP contribution in [0.25, 0.3) is 0 Å². The van der Waals surface area contributed by atoms with Gasteiger partial charge < -0.3 is 9.84 Å². The average Bonchev–Trinajstić information content (AvgIpc) is 2.15. The number of aromatic carboxylic acids is 1. The van der Waals surface area contributed by atoms with Crippen molar-refractivity contribution in [2.24, 2.45) is 5.92 Å². The fourth-order valence-corrected chi connectivity index (χ4v) is 0.914. The summed E-state index contributed by atoms with van der Waals surface area (Å²) in [7, 11) is 0. The third-order valence-corrected chi connectivity index (χ3v) is 1.55. The molecule has 1 radical (unpaired) electrons. The van der Waals surface area contributed by atoms with E-state index in [1.807, 2.05) is 13.8 Å². The zero-order valence-corrected chi connectivity index (χ0v) is 11.2. The second-order valence-corrected chi connectivity index (χ2v) is 3.37. The number of pyridine rings is 1. The van der Waals surface area contributed by atoms with Crippen LogP contribution < -0.4 is 4.74 Å². The zero-order chi connectivity index (χ0) is 10.6. The fourth-order valence-electron chi connectivity index (χ4n) is 0.914. The number of hydrogen-bond acceptors (Lipinski definition) is 3. The van der Waals surface area contributed by atoms with Gasteiger partial charge in [-0.25, -0.2) is 9.78 Å². The van der Waals surface area contributed by atoms with Gasteiger partial charge in [-0.15, -0.1) is 0 Å². The van der Waals surface area contributed by atoms with Gasteiger partial charge in [-0.3, -0.25) is 0 Å². The van der Waals surface area contributed by atoms with Crippen LogP contribution in [0.1, 0.15) is 24.2 Å². The third-order valence-electron chi connectivity index (χ3n) is 1.55. The van der Waals surface area contributed by atoms with E-state index in [0.29, 0.717) is 12.5 Å². The Balaban J connectivity index is 0.00000196. The van der Waals surface area contributed by atoms with Gasteiger partial charge in [0.05, 0.1) is 6.61 Å². The Hall–Kier alpha value is -0.580. The first-order valence-electron chi connectivity index (χ1n) is 4.42. The first kappa shape index (κ1) is 14.4. The van der Waals surface area contributed by atoms with Crippen molar-refractivity contribution in [1.29, 1.82) is 0 Å². The smallest absolute Gasteiger partial charge is 0.341 e. The van der Waals surface area contributed by atoms with Gasteiger partial charge in [0.2, 0.25) is 5.88 Å². The van der Waals surface area contributed by atoms with Crippen LogP contribution in [0.4, 0.5) is 0 Å². The Labute approximate surface area is 111 Å². The molecule has 0 unspecified atom stereocenters. The minimum atomic E-state index is -1.02. The second kappa shape index (κ2) is 6.82. The molecule has 0 spiro atoms. The summed E-state index contributed by atoms with van der Waals surface area (Å²) in [5.41, 5.74) is 0.105. The van der Waals surface area contributed by atoms with Crippen molar-refractivity contribution < 1.29 is 14.6 Å². The van der Waals surface area contributed by atoms with E-state index < -0.39 is 5.97 Å². The predicted octanol–water partition coefficient (Wildman–Crippen LogP) is 1.43. The molecule has 0 amide bonds. The molecule has 0 aliphatic heterocycles. The molecule has 15 heavy (non-hydrogen) atoms. The third kappa shape index (κ3) is 4.64. The Morgan fingerprint density at radius 1 is 1.60 bits per heavy atom. The van der Waals surface area contributed by atoms with Gasteiger partial charge in [0.1, 0.15) is 5.56 Å². The standard InChI is InChI=1S/C10H13NO3.Na/c1-7(2)6-14-9-8(10(12)13)4-3-5-11-9;/h3-5,7H,6H2,1-2H3,(H,12,13);. The normalized spacial score (nSPS) is 9.53. The minimum Gasteiger partial charge on any atom is -0.477 e. The molecule has 0 atom stereocenters. The molecular formula is C10H13NNaO3. The van der Waals surface area contributed by atoms with Crippen molar-refractivity contribution in [1.82, 2.24) is 4.98 Å². The zero-order valence-electron chi connectivity index (χ0n) is 9.23. The van der Waals surface area contributed by atoms with E-state index in [0.717, 1.165) is 0 Å². The van der Waals surface area contributed by atoms with E-state index in [4.69, 9.17) is 9.84 Å². The van der Waals surface area contributed by atoms with E-state index in [2.05, 4.69) is 4.98 Å². The Morgan fingerprint density at radius 3 is 2.80 bits per heavy atom. The van der Waals surface area contributed by atoms with Crippen LogP contribution in [0.15, 0.2) is 18.3 Å². The first-order valence-corrected chi connectivity index (χ1v) is 4.42. The molecule has 1 heterocycles. The molecule has 0 aromatic carbocycles. The Kier molecular flexibility index (Phi) is 6.56. The van der Waals surface area contributed by atoms with Crippen LogP contribution in [-0.2, 0) is 0 Å². The molecule has 1 aromatic heterocycles. The molecule has 77 valence electrons. The summed E-state index contributed by atoms with van der Waals surface area (Å²) >= 11 is 0. The topological polar surface area (TPSA) is 59.4 Å². The van der Waals surface area contributed by atoms with Crippen LogP contribution in [0, 0.1) is 5.92 Å². The number of aromatic nitrogens is 1. The molecule has 0 aliphatic rings. The molecule has 0 saturated carbocycles. The Bertz CT molecular complexity index is 328. The van der Waals surface area contributed by atoms with Crippen molar-refractivity contribution in [3.05, 3.63) is 23.9 Å². The van der Waals surface area contributed by atoms with E-state index in [9.17, 15) is 4.79 Å². The SMILES string of the molecule is CC(C)COc1ncccc1C(=O)O.[Na]. The number of carbonyl (C=O) groups is 1. The van der Waals surface area contributed by atoms with Crippen molar-refractivity contribution in [2.45, 2.75) is 13.8 Å². The summed E-state index contributed by atoms with van der Waals surface area (Å²) < 4.78 is 5.27. The average molecular weight is 218 g/mol. The quantitative estimate of drug-likeness (QED) is 0.777. The summed E-state index contributed by atoms with van der Waals surface area (Å²) in [6, 6.07) is 3.05. The molecule has 1 N–H and O–H groups in total. The molecule has 0 bridgehead atoms. The number of carboxylic acid groups (broad SMARTS) is 1. The summed E-state index contributed by atoms with van der Waals surface area (Å²) in [6.45, 7) is 4.45. The van der Waals surface area contributed by atoms with Gasteiger partial charge in [0.15, 0.2) is 0 Å². The molecule has 0 fully saturated rings. The van der Waals surface area contributed by atoms with E-state index in [1.54, 1.807) is 6.07 Å². The van der Waals surface area contributed by atoms with Crippen LogP contribution >= 0.6 is 0 Å². The molecule has 0 saturated heterocycles. The van der Waals surface area contributed by atoms with Crippen LogP contribution in [0.3, 0.4) is 0 Å². The molecule has 1 aromatic rings. The monoisotopic (exact) mass is 218 g/mol. The molecule has 5 heteroatoms. The largest absolute Gasteiger partial charge is 0.477 e. The Morgan fingerprint density at radius 2 is 2.27 bits per heavy atom. The van der Waals surface area contributed by atoms with Gasteiger partial charge in [0, 0.05) is 35.8 Å². The molecule has 4 nitrogen and oxygen atoms in total. The van der Waals surface area contributed by atoms with Crippen molar-refractivity contribution >= 4 is 35.5 Å². The fraction of sp³-hybridized carbons (Fsp3) is 0.400. The molecule has 0 aliphatic carbocycles. The predicted molar refractivity (Wildman–Crippen MR) is 57.3 cm³/mol. The van der Waals surface area contributed by atoms with Crippen molar-refractivity contribution in [3.63, 3.8) is 0 Å². The summed E-state index contributed by atoms with van der Waals surface area (Å²) in [5, 5.41) is 8.81. The second-order valence-electron chi connectivity index (χ2n) is 3.37. The van der Waals surface area contributed by atoms with Gasteiger partial charge in [0.25, 0.3) is 0 Å². The maximum Gasteiger partial charge on any atom is 0.341 e. The number of rotatable bonds is 4. The molecule has 1 rings (SSSR count). The summed E-state index contributed by atoms with van der Waals surface area (Å²) in [4.78, 5) is 14.6. The number of ether oxygens (including phenoxy) is 1. The van der Waals surface area contributed by atoms with E-state index in [1.165, 1.54) is 12.3 Å². The van der Waals surface area contributed by atoms with Crippen LogP contribution in [-0.4, -0.2) is 52.2 Å². The number of hydrogen-bond donors (Lipinski definition) is 1.